The lowest BCUT2D eigenvalue weighted by atomic mass is 10.1. The molecule has 26 heavy (non-hydrogen) atoms. The highest BCUT2D eigenvalue weighted by Crippen LogP contribution is 2.37. The van der Waals surface area contributed by atoms with Crippen molar-refractivity contribution in [3.8, 4) is 11.5 Å². The molecule has 1 saturated heterocycles. The molecule has 0 unspecified atom stereocenters. The van der Waals surface area contributed by atoms with Crippen LogP contribution < -0.4 is 14.8 Å². The minimum absolute atomic E-state index is 0.127. The molecule has 2 aliphatic rings. The number of amides is 3. The van der Waals surface area contributed by atoms with Crippen molar-refractivity contribution in [1.29, 1.82) is 0 Å². The third kappa shape index (κ3) is 3.15. The number of urea groups is 1. The summed E-state index contributed by atoms with van der Waals surface area (Å²) in [4.78, 5) is 25.9. The molecular formula is C18H12BrClN2O4. The van der Waals surface area contributed by atoms with E-state index in [1.54, 1.807) is 12.1 Å². The number of carbonyl (C=O) groups excluding carboxylic acids is 2. The highest BCUT2D eigenvalue weighted by molar-refractivity contribution is 9.10. The van der Waals surface area contributed by atoms with Gasteiger partial charge in [-0.1, -0.05) is 39.7 Å². The third-order valence-corrected chi connectivity index (χ3v) is 4.86. The predicted octanol–water partition coefficient (Wildman–Crippen LogP) is 3.92. The van der Waals surface area contributed by atoms with Gasteiger partial charge in [-0.05, 0) is 35.4 Å². The Morgan fingerprint density at radius 3 is 2.58 bits per heavy atom. The van der Waals surface area contributed by atoms with Crippen molar-refractivity contribution in [3.63, 3.8) is 0 Å². The number of benzene rings is 2. The summed E-state index contributed by atoms with van der Waals surface area (Å²) in [7, 11) is 0. The van der Waals surface area contributed by atoms with Gasteiger partial charge in [0.2, 0.25) is 6.79 Å². The predicted molar refractivity (Wildman–Crippen MR) is 98.8 cm³/mol. The van der Waals surface area contributed by atoms with E-state index in [0.29, 0.717) is 22.1 Å². The Labute approximate surface area is 162 Å². The van der Waals surface area contributed by atoms with Gasteiger partial charge in [-0.3, -0.25) is 9.69 Å². The van der Waals surface area contributed by atoms with Crippen LogP contribution in [0.25, 0.3) is 6.08 Å². The fourth-order valence-electron chi connectivity index (χ4n) is 2.69. The molecule has 2 aromatic carbocycles. The first-order valence-corrected chi connectivity index (χ1v) is 8.86. The van der Waals surface area contributed by atoms with E-state index in [1.807, 2.05) is 24.3 Å². The number of carbonyl (C=O) groups is 2. The standard InChI is InChI=1S/C18H12BrClN2O4/c19-12-3-1-10(2-4-12)8-22-17(23)14(21-18(22)24)5-11-6-15-16(7-13(11)20)26-9-25-15/h1-7H,8-9H2,(H,21,24). The lowest BCUT2D eigenvalue weighted by Gasteiger charge is -2.11. The van der Waals surface area contributed by atoms with E-state index in [-0.39, 0.29) is 19.0 Å². The Balaban J connectivity index is 1.59. The average molecular weight is 436 g/mol. The summed E-state index contributed by atoms with van der Waals surface area (Å²) in [6.45, 7) is 0.312. The number of halogens is 2. The molecule has 4 rings (SSSR count). The maximum atomic E-state index is 12.6. The Hall–Kier alpha value is -2.51. The lowest BCUT2D eigenvalue weighted by Crippen LogP contribution is -2.30. The van der Waals surface area contributed by atoms with Crippen LogP contribution in [0.1, 0.15) is 11.1 Å². The monoisotopic (exact) mass is 434 g/mol. The van der Waals surface area contributed by atoms with Gasteiger partial charge in [0.15, 0.2) is 11.5 Å². The molecule has 0 aliphatic carbocycles. The van der Waals surface area contributed by atoms with Crippen LogP contribution in [0.4, 0.5) is 4.79 Å². The Kier molecular flexibility index (Phi) is 4.34. The maximum absolute atomic E-state index is 12.6. The number of imide groups is 1. The zero-order chi connectivity index (χ0) is 18.3. The van der Waals surface area contributed by atoms with Crippen LogP contribution in [-0.2, 0) is 11.3 Å². The zero-order valence-corrected chi connectivity index (χ0v) is 15.6. The molecule has 2 aliphatic heterocycles. The number of ether oxygens (including phenoxy) is 2. The van der Waals surface area contributed by atoms with Crippen molar-refractivity contribution in [2.75, 3.05) is 6.79 Å². The molecular weight excluding hydrogens is 424 g/mol. The van der Waals surface area contributed by atoms with Gasteiger partial charge in [-0.25, -0.2) is 4.79 Å². The molecule has 0 bridgehead atoms. The summed E-state index contributed by atoms with van der Waals surface area (Å²) in [5.41, 5.74) is 1.57. The molecule has 2 heterocycles. The van der Waals surface area contributed by atoms with E-state index >= 15 is 0 Å². The second-order valence-corrected chi connectivity index (χ2v) is 7.06. The Morgan fingerprint density at radius 2 is 1.85 bits per heavy atom. The molecule has 3 amide bonds. The van der Waals surface area contributed by atoms with Crippen molar-refractivity contribution < 1.29 is 19.1 Å². The van der Waals surface area contributed by atoms with Gasteiger partial charge in [-0.2, -0.15) is 0 Å². The van der Waals surface area contributed by atoms with E-state index < -0.39 is 11.9 Å². The summed E-state index contributed by atoms with van der Waals surface area (Å²) in [5, 5.41) is 2.99. The third-order valence-electron chi connectivity index (χ3n) is 4.01. The second-order valence-electron chi connectivity index (χ2n) is 5.73. The second kappa shape index (κ2) is 6.66. The van der Waals surface area contributed by atoms with Crippen LogP contribution in [0.2, 0.25) is 5.02 Å². The first-order valence-electron chi connectivity index (χ1n) is 7.69. The summed E-state index contributed by atoms with van der Waals surface area (Å²) >= 11 is 9.59. The number of nitrogens with one attached hydrogen (secondary N) is 1. The van der Waals surface area contributed by atoms with Crippen molar-refractivity contribution in [3.05, 3.63) is 62.7 Å². The summed E-state index contributed by atoms with van der Waals surface area (Å²) in [6, 6.07) is 10.2. The normalized spacial score (nSPS) is 17.2. The van der Waals surface area contributed by atoms with Crippen LogP contribution in [0.3, 0.4) is 0 Å². The number of fused-ring (bicyclic) bond motifs is 1. The quantitative estimate of drug-likeness (QED) is 0.586. The molecule has 1 N–H and O–H groups in total. The summed E-state index contributed by atoms with van der Waals surface area (Å²) in [6.07, 6.45) is 1.53. The van der Waals surface area contributed by atoms with Gasteiger partial charge >= 0.3 is 6.03 Å². The van der Waals surface area contributed by atoms with Gasteiger partial charge in [0, 0.05) is 10.5 Å². The van der Waals surface area contributed by atoms with Gasteiger partial charge in [0.25, 0.3) is 5.91 Å². The number of hydrogen-bond donors (Lipinski definition) is 1. The number of hydrogen-bond acceptors (Lipinski definition) is 4. The van der Waals surface area contributed by atoms with Crippen LogP contribution in [-0.4, -0.2) is 23.6 Å². The molecule has 6 nitrogen and oxygen atoms in total. The summed E-state index contributed by atoms with van der Waals surface area (Å²) in [5.74, 6) is 0.687. The van der Waals surface area contributed by atoms with Crippen LogP contribution >= 0.6 is 27.5 Å². The van der Waals surface area contributed by atoms with E-state index in [9.17, 15) is 9.59 Å². The van der Waals surface area contributed by atoms with E-state index in [0.717, 1.165) is 14.9 Å². The molecule has 0 spiro atoms. The van der Waals surface area contributed by atoms with E-state index in [4.69, 9.17) is 21.1 Å². The Morgan fingerprint density at radius 1 is 1.15 bits per heavy atom. The maximum Gasteiger partial charge on any atom is 0.329 e. The molecule has 0 atom stereocenters. The SMILES string of the molecule is O=C1NC(=Cc2cc3c(cc2Cl)OCO3)C(=O)N1Cc1ccc(Br)cc1. The van der Waals surface area contributed by atoms with E-state index in [2.05, 4.69) is 21.2 Å². The average Bonchev–Trinajstić information content (AvgIpc) is 3.16. The number of rotatable bonds is 3. The molecule has 1 fully saturated rings. The number of nitrogens with zero attached hydrogens (tertiary/aromatic N) is 1. The fourth-order valence-corrected chi connectivity index (χ4v) is 3.16. The van der Waals surface area contributed by atoms with Crippen LogP contribution in [0.15, 0.2) is 46.6 Å². The largest absolute Gasteiger partial charge is 0.454 e. The molecule has 2 aromatic rings. The molecule has 8 heteroatoms. The van der Waals surface area contributed by atoms with Gasteiger partial charge < -0.3 is 14.8 Å². The first kappa shape index (κ1) is 16.9. The highest BCUT2D eigenvalue weighted by Gasteiger charge is 2.33. The fraction of sp³-hybridized carbons (Fsp3) is 0.111. The summed E-state index contributed by atoms with van der Waals surface area (Å²) < 4.78 is 11.5. The molecule has 0 radical (unpaired) electrons. The van der Waals surface area contributed by atoms with Crippen LogP contribution in [0.5, 0.6) is 11.5 Å². The Bertz CT molecular complexity index is 943. The van der Waals surface area contributed by atoms with E-state index in [1.165, 1.54) is 6.08 Å². The van der Waals surface area contributed by atoms with Crippen molar-refractivity contribution in [2.24, 2.45) is 0 Å². The van der Waals surface area contributed by atoms with Crippen molar-refractivity contribution in [2.45, 2.75) is 6.54 Å². The topological polar surface area (TPSA) is 67.9 Å². The lowest BCUT2D eigenvalue weighted by molar-refractivity contribution is -0.123. The minimum atomic E-state index is -0.471. The van der Waals surface area contributed by atoms with Crippen molar-refractivity contribution in [1.82, 2.24) is 10.2 Å². The minimum Gasteiger partial charge on any atom is -0.454 e. The van der Waals surface area contributed by atoms with Gasteiger partial charge in [0.1, 0.15) is 5.70 Å². The van der Waals surface area contributed by atoms with Crippen molar-refractivity contribution >= 4 is 45.5 Å². The zero-order valence-electron chi connectivity index (χ0n) is 13.3. The molecule has 0 aromatic heterocycles. The van der Waals surface area contributed by atoms with Gasteiger partial charge in [-0.15, -0.1) is 0 Å². The van der Waals surface area contributed by atoms with Crippen LogP contribution in [0, 0.1) is 0 Å². The molecule has 0 saturated carbocycles. The molecule has 132 valence electrons. The first-order chi connectivity index (χ1) is 12.5. The smallest absolute Gasteiger partial charge is 0.329 e. The highest BCUT2D eigenvalue weighted by atomic mass is 79.9. The van der Waals surface area contributed by atoms with Gasteiger partial charge in [0.05, 0.1) is 11.6 Å².